The van der Waals surface area contributed by atoms with Crippen LogP contribution in [0.1, 0.15) is 18.4 Å². The minimum Gasteiger partial charge on any atom is -0.410 e. The number of nitrogens with two attached hydrogens (primary N) is 1. The highest BCUT2D eigenvalue weighted by molar-refractivity contribution is 5.92. The molecule has 2 aromatic carbocycles. The number of anilines is 2. The summed E-state index contributed by atoms with van der Waals surface area (Å²) < 4.78 is 5.30. The Kier molecular flexibility index (Phi) is 4.37. The van der Waals surface area contributed by atoms with E-state index in [2.05, 4.69) is 5.32 Å². The maximum atomic E-state index is 12.0. The number of nitrogens with one attached hydrogen (secondary N) is 1. The Hall–Kier alpha value is -3.02. The van der Waals surface area contributed by atoms with E-state index in [9.17, 15) is 9.59 Å². The molecule has 1 aliphatic rings. The second-order valence-corrected chi connectivity index (χ2v) is 5.82. The highest BCUT2D eigenvalue weighted by Gasteiger charge is 2.32. The first kappa shape index (κ1) is 15.9. The van der Waals surface area contributed by atoms with Crippen molar-refractivity contribution in [1.29, 1.82) is 0 Å². The van der Waals surface area contributed by atoms with E-state index in [4.69, 9.17) is 10.5 Å². The first-order valence-electron chi connectivity index (χ1n) is 7.77. The first-order valence-corrected chi connectivity index (χ1v) is 7.77. The van der Waals surface area contributed by atoms with Gasteiger partial charge < -0.3 is 10.5 Å². The molecule has 0 spiro atoms. The van der Waals surface area contributed by atoms with E-state index in [0.717, 1.165) is 18.4 Å². The van der Waals surface area contributed by atoms with Gasteiger partial charge in [-0.2, -0.15) is 0 Å². The molecule has 1 fully saturated rings. The summed E-state index contributed by atoms with van der Waals surface area (Å²) in [6.45, 7) is 1.94. The highest BCUT2D eigenvalue weighted by Crippen LogP contribution is 2.33. The third kappa shape index (κ3) is 3.84. The van der Waals surface area contributed by atoms with Crippen molar-refractivity contribution < 1.29 is 14.3 Å². The van der Waals surface area contributed by atoms with E-state index in [0.29, 0.717) is 17.1 Å². The molecule has 3 rings (SSSR count). The second-order valence-electron chi connectivity index (χ2n) is 5.82. The maximum absolute atomic E-state index is 12.0. The molecule has 0 unspecified atom stereocenters. The van der Waals surface area contributed by atoms with Crippen LogP contribution in [0.4, 0.5) is 21.0 Å². The summed E-state index contributed by atoms with van der Waals surface area (Å²) in [5.41, 5.74) is 7.77. The summed E-state index contributed by atoms with van der Waals surface area (Å²) in [5, 5.41) is 2.67. The van der Waals surface area contributed by atoms with Gasteiger partial charge in [0.25, 0.3) is 0 Å². The van der Waals surface area contributed by atoms with Crippen molar-refractivity contribution >= 4 is 23.5 Å². The fourth-order valence-corrected chi connectivity index (χ4v) is 2.52. The first-order chi connectivity index (χ1) is 11.5. The Morgan fingerprint density at radius 3 is 2.58 bits per heavy atom. The van der Waals surface area contributed by atoms with Crippen LogP contribution in [0.2, 0.25) is 0 Å². The highest BCUT2D eigenvalue weighted by atomic mass is 16.6. The Balaban J connectivity index is 1.70. The predicted octanol–water partition coefficient (Wildman–Crippen LogP) is 3.65. The van der Waals surface area contributed by atoms with Gasteiger partial charge in [-0.1, -0.05) is 18.2 Å². The summed E-state index contributed by atoms with van der Waals surface area (Å²) in [4.78, 5) is 25.2. The van der Waals surface area contributed by atoms with Crippen LogP contribution in [0.25, 0.3) is 0 Å². The average molecular weight is 325 g/mol. The fourth-order valence-electron chi connectivity index (χ4n) is 2.52. The number of amides is 3. The van der Waals surface area contributed by atoms with Gasteiger partial charge in [-0.25, -0.2) is 9.59 Å². The smallest absolute Gasteiger partial charge is 0.410 e. The van der Waals surface area contributed by atoms with Crippen molar-refractivity contribution in [3.63, 3.8) is 0 Å². The molecule has 0 heterocycles. The van der Waals surface area contributed by atoms with Gasteiger partial charge >= 0.3 is 12.1 Å². The number of ether oxygens (including phenoxy) is 1. The molecule has 6 nitrogen and oxygen atoms in total. The number of nitrogens with zero attached hydrogens (tertiary/aromatic N) is 1. The lowest BCUT2D eigenvalue weighted by Gasteiger charge is -2.20. The largest absolute Gasteiger partial charge is 0.417 e. The van der Waals surface area contributed by atoms with E-state index in [1.807, 2.05) is 25.1 Å². The zero-order valence-corrected chi connectivity index (χ0v) is 13.4. The normalized spacial score (nSPS) is 13.2. The molecular weight excluding hydrogens is 306 g/mol. The van der Waals surface area contributed by atoms with Gasteiger partial charge in [-0.3, -0.25) is 10.2 Å². The van der Waals surface area contributed by atoms with Crippen LogP contribution in [0.3, 0.4) is 0 Å². The van der Waals surface area contributed by atoms with Crippen molar-refractivity contribution in [2.24, 2.45) is 5.73 Å². The molecule has 1 saturated carbocycles. The van der Waals surface area contributed by atoms with Crippen LogP contribution in [0, 0.1) is 6.92 Å². The molecule has 1 aliphatic carbocycles. The van der Waals surface area contributed by atoms with Crippen LogP contribution in [-0.4, -0.2) is 18.2 Å². The molecule has 6 heteroatoms. The van der Waals surface area contributed by atoms with Crippen LogP contribution in [0.15, 0.2) is 48.5 Å². The number of hydrogen-bond acceptors (Lipinski definition) is 3. The fraction of sp³-hybridized carbons (Fsp3) is 0.222. The third-order valence-electron chi connectivity index (χ3n) is 3.72. The van der Waals surface area contributed by atoms with Gasteiger partial charge in [-0.15, -0.1) is 0 Å². The third-order valence-corrected chi connectivity index (χ3v) is 3.72. The van der Waals surface area contributed by atoms with Gasteiger partial charge in [-0.05, 0) is 49.6 Å². The quantitative estimate of drug-likeness (QED) is 0.899. The summed E-state index contributed by atoms with van der Waals surface area (Å²) in [7, 11) is 0. The van der Waals surface area contributed by atoms with Gasteiger partial charge in [0.2, 0.25) is 0 Å². The number of aryl methyl sites for hydroxylation is 1. The summed E-state index contributed by atoms with van der Waals surface area (Å²) in [5.74, 6) is 0.351. The summed E-state index contributed by atoms with van der Waals surface area (Å²) in [6.07, 6.45) is 1.28. The molecule has 0 aromatic heterocycles. The van der Waals surface area contributed by atoms with Crippen LogP contribution in [0.5, 0.6) is 5.75 Å². The molecule has 124 valence electrons. The van der Waals surface area contributed by atoms with Crippen molar-refractivity contribution in [1.82, 2.24) is 0 Å². The van der Waals surface area contributed by atoms with E-state index >= 15 is 0 Å². The minimum atomic E-state index is -0.588. The lowest BCUT2D eigenvalue weighted by atomic mass is 10.2. The Morgan fingerprint density at radius 1 is 1.17 bits per heavy atom. The second kappa shape index (κ2) is 6.62. The van der Waals surface area contributed by atoms with Gasteiger partial charge in [0.1, 0.15) is 5.75 Å². The Morgan fingerprint density at radius 2 is 1.92 bits per heavy atom. The van der Waals surface area contributed by atoms with Crippen molar-refractivity contribution in [3.8, 4) is 5.75 Å². The zero-order chi connectivity index (χ0) is 17.1. The molecule has 0 saturated heterocycles. The monoisotopic (exact) mass is 325 g/mol. The minimum absolute atomic E-state index is 0.138. The van der Waals surface area contributed by atoms with Crippen molar-refractivity contribution in [2.75, 3.05) is 10.2 Å². The number of carbonyl (C=O) groups is 2. The van der Waals surface area contributed by atoms with Gasteiger partial charge in [0.05, 0.1) is 0 Å². The summed E-state index contributed by atoms with van der Waals surface area (Å²) in [6, 6.07) is 13.9. The SMILES string of the molecule is Cc1cccc(NC(=O)Oc2cccc(N(C(N)=O)C3CC3)c2)c1. The van der Waals surface area contributed by atoms with E-state index in [1.165, 1.54) is 4.90 Å². The lowest BCUT2D eigenvalue weighted by molar-refractivity contribution is 0.215. The molecule has 0 aliphatic heterocycles. The topological polar surface area (TPSA) is 84.7 Å². The maximum Gasteiger partial charge on any atom is 0.417 e. The number of urea groups is 1. The van der Waals surface area contributed by atoms with E-state index in [-0.39, 0.29) is 6.04 Å². The van der Waals surface area contributed by atoms with Gasteiger partial charge in [0, 0.05) is 23.5 Å². The van der Waals surface area contributed by atoms with E-state index in [1.54, 1.807) is 30.3 Å². The molecule has 0 radical (unpaired) electrons. The van der Waals surface area contributed by atoms with Crippen molar-refractivity contribution in [3.05, 3.63) is 54.1 Å². The van der Waals surface area contributed by atoms with Crippen LogP contribution in [-0.2, 0) is 0 Å². The number of hydrogen-bond donors (Lipinski definition) is 2. The summed E-state index contributed by atoms with van der Waals surface area (Å²) >= 11 is 0. The molecule has 0 bridgehead atoms. The van der Waals surface area contributed by atoms with Crippen LogP contribution < -0.4 is 20.7 Å². The molecule has 0 atom stereocenters. The zero-order valence-electron chi connectivity index (χ0n) is 13.4. The number of benzene rings is 2. The van der Waals surface area contributed by atoms with Crippen LogP contribution >= 0.6 is 0 Å². The number of primary amides is 1. The Bertz CT molecular complexity index is 772. The van der Waals surface area contributed by atoms with Gasteiger partial charge in [0.15, 0.2) is 0 Å². The number of carbonyl (C=O) groups excluding carboxylic acids is 2. The molecule has 24 heavy (non-hydrogen) atoms. The number of rotatable bonds is 4. The predicted molar refractivity (Wildman–Crippen MR) is 92.4 cm³/mol. The average Bonchev–Trinajstić information content (AvgIpc) is 3.32. The lowest BCUT2D eigenvalue weighted by Crippen LogP contribution is -2.37. The van der Waals surface area contributed by atoms with E-state index < -0.39 is 12.1 Å². The molecule has 2 aromatic rings. The Labute approximate surface area is 140 Å². The standard InChI is InChI=1S/C18H19N3O3/c1-12-4-2-5-13(10-12)20-18(23)24-16-7-3-6-15(11-16)21(17(19)22)14-8-9-14/h2-7,10-11,14H,8-9H2,1H3,(H2,19,22)(H,20,23). The molecular formula is C18H19N3O3. The molecule has 3 N–H and O–H groups in total. The molecule has 3 amide bonds. The van der Waals surface area contributed by atoms with Crippen molar-refractivity contribution in [2.45, 2.75) is 25.8 Å².